The first-order chi connectivity index (χ1) is 11.6. The normalized spacial score (nSPS) is 18.8. The molecule has 2 amide bonds. The van der Waals surface area contributed by atoms with Crippen molar-refractivity contribution in [1.29, 1.82) is 0 Å². The maximum atomic E-state index is 12.9. The molecule has 2 N–H and O–H groups in total. The number of nitrogens with zero attached hydrogens (tertiary/aromatic N) is 1. The number of halogens is 1. The summed E-state index contributed by atoms with van der Waals surface area (Å²) in [4.78, 5) is 11.3. The van der Waals surface area contributed by atoms with Gasteiger partial charge in [0.1, 0.15) is 17.3 Å². The standard InChI is InChI=1S/C18H19FN2O3/c1-20-18(22)21(23)11-13-10-17(13)12-3-2-4-16(9-12)24-15-7-5-14(19)6-8-15/h2-9,13,17,23H,10-11H2,1H3,(H,20,22). The van der Waals surface area contributed by atoms with E-state index in [1.54, 1.807) is 12.1 Å². The predicted molar refractivity (Wildman–Crippen MR) is 86.7 cm³/mol. The molecule has 1 fully saturated rings. The van der Waals surface area contributed by atoms with E-state index in [-0.39, 0.29) is 11.7 Å². The van der Waals surface area contributed by atoms with Crippen LogP contribution in [-0.4, -0.2) is 29.9 Å². The minimum Gasteiger partial charge on any atom is -0.457 e. The van der Waals surface area contributed by atoms with Crippen LogP contribution in [0.5, 0.6) is 11.5 Å². The van der Waals surface area contributed by atoms with Gasteiger partial charge in [0.25, 0.3) is 0 Å². The number of urea groups is 1. The maximum absolute atomic E-state index is 12.9. The van der Waals surface area contributed by atoms with Gasteiger partial charge in [0, 0.05) is 7.05 Å². The molecule has 1 aliphatic rings. The lowest BCUT2D eigenvalue weighted by atomic mass is 10.1. The smallest absolute Gasteiger partial charge is 0.340 e. The SMILES string of the molecule is CNC(=O)N(O)CC1CC1c1cccc(Oc2ccc(F)cc2)c1. The Bertz CT molecular complexity index is 720. The zero-order valence-electron chi connectivity index (χ0n) is 13.3. The molecule has 0 aliphatic heterocycles. The Hall–Kier alpha value is -2.60. The van der Waals surface area contributed by atoms with E-state index in [0.29, 0.717) is 29.0 Å². The summed E-state index contributed by atoms with van der Waals surface area (Å²) in [5, 5.41) is 12.7. The van der Waals surface area contributed by atoms with E-state index in [2.05, 4.69) is 5.32 Å². The van der Waals surface area contributed by atoms with Gasteiger partial charge < -0.3 is 10.1 Å². The second-order valence-electron chi connectivity index (χ2n) is 5.87. The molecule has 0 spiro atoms. The number of hydrogen-bond donors (Lipinski definition) is 2. The largest absolute Gasteiger partial charge is 0.457 e. The predicted octanol–water partition coefficient (Wildman–Crippen LogP) is 3.75. The number of carbonyl (C=O) groups excluding carboxylic acids is 1. The van der Waals surface area contributed by atoms with Gasteiger partial charge in [-0.25, -0.2) is 14.2 Å². The van der Waals surface area contributed by atoms with Gasteiger partial charge >= 0.3 is 6.03 Å². The van der Waals surface area contributed by atoms with Crippen LogP contribution in [0.2, 0.25) is 0 Å². The van der Waals surface area contributed by atoms with Crippen LogP contribution in [0.1, 0.15) is 17.9 Å². The summed E-state index contributed by atoms with van der Waals surface area (Å²) in [6, 6.07) is 13.0. The molecule has 126 valence electrons. The third kappa shape index (κ3) is 3.83. The number of carbonyl (C=O) groups is 1. The minimum absolute atomic E-state index is 0.230. The molecule has 5 nitrogen and oxygen atoms in total. The van der Waals surface area contributed by atoms with Crippen molar-refractivity contribution in [2.75, 3.05) is 13.6 Å². The first kappa shape index (κ1) is 16.3. The topological polar surface area (TPSA) is 61.8 Å². The molecule has 1 aliphatic carbocycles. The molecule has 3 rings (SSSR count). The number of ether oxygens (including phenoxy) is 1. The molecule has 1 saturated carbocycles. The van der Waals surface area contributed by atoms with Gasteiger partial charge in [-0.15, -0.1) is 0 Å². The van der Waals surface area contributed by atoms with Crippen molar-refractivity contribution in [2.45, 2.75) is 12.3 Å². The monoisotopic (exact) mass is 330 g/mol. The Balaban J connectivity index is 1.62. The van der Waals surface area contributed by atoms with E-state index in [1.807, 2.05) is 24.3 Å². The summed E-state index contributed by atoms with van der Waals surface area (Å²) < 4.78 is 18.7. The summed E-state index contributed by atoms with van der Waals surface area (Å²) in [6.45, 7) is 0.299. The van der Waals surface area contributed by atoms with Crippen LogP contribution >= 0.6 is 0 Å². The van der Waals surface area contributed by atoms with Gasteiger partial charge in [0.2, 0.25) is 0 Å². The van der Waals surface area contributed by atoms with E-state index in [1.165, 1.54) is 19.2 Å². The van der Waals surface area contributed by atoms with Gasteiger partial charge in [0.15, 0.2) is 0 Å². The van der Waals surface area contributed by atoms with E-state index >= 15 is 0 Å². The van der Waals surface area contributed by atoms with Crippen LogP contribution < -0.4 is 10.1 Å². The fraction of sp³-hybridized carbons (Fsp3) is 0.278. The zero-order chi connectivity index (χ0) is 17.1. The fourth-order valence-corrected chi connectivity index (χ4v) is 2.74. The number of hydroxylamine groups is 2. The third-order valence-corrected chi connectivity index (χ3v) is 4.11. The highest BCUT2D eigenvalue weighted by molar-refractivity contribution is 5.72. The lowest BCUT2D eigenvalue weighted by molar-refractivity contribution is -0.0462. The number of benzene rings is 2. The average molecular weight is 330 g/mol. The third-order valence-electron chi connectivity index (χ3n) is 4.11. The molecular weight excluding hydrogens is 311 g/mol. The summed E-state index contributed by atoms with van der Waals surface area (Å²) in [7, 11) is 1.48. The summed E-state index contributed by atoms with van der Waals surface area (Å²) in [6.07, 6.45) is 0.911. The molecule has 0 aromatic heterocycles. The zero-order valence-corrected chi connectivity index (χ0v) is 13.3. The molecule has 0 bridgehead atoms. The van der Waals surface area contributed by atoms with Gasteiger partial charge in [-0.05, 0) is 60.2 Å². The lowest BCUT2D eigenvalue weighted by Crippen LogP contribution is -2.36. The van der Waals surface area contributed by atoms with Crippen molar-refractivity contribution in [3.8, 4) is 11.5 Å². The van der Waals surface area contributed by atoms with Crippen molar-refractivity contribution >= 4 is 6.03 Å². The summed E-state index contributed by atoms with van der Waals surface area (Å²) in [5.74, 6) is 1.47. The van der Waals surface area contributed by atoms with E-state index < -0.39 is 6.03 Å². The molecule has 0 radical (unpaired) electrons. The molecule has 2 atom stereocenters. The van der Waals surface area contributed by atoms with E-state index in [4.69, 9.17) is 4.74 Å². The summed E-state index contributed by atoms with van der Waals surface area (Å²) >= 11 is 0. The molecule has 2 aromatic rings. The number of nitrogens with one attached hydrogen (secondary N) is 1. The Morgan fingerprint density at radius 3 is 2.75 bits per heavy atom. The highest BCUT2D eigenvalue weighted by atomic mass is 19.1. The first-order valence-corrected chi connectivity index (χ1v) is 7.78. The number of rotatable bonds is 5. The highest BCUT2D eigenvalue weighted by Crippen LogP contribution is 2.48. The minimum atomic E-state index is -0.506. The van der Waals surface area contributed by atoms with Gasteiger partial charge in [-0.1, -0.05) is 12.1 Å². The van der Waals surface area contributed by atoms with Crippen LogP contribution in [0.15, 0.2) is 48.5 Å². The Morgan fingerprint density at radius 1 is 1.29 bits per heavy atom. The van der Waals surface area contributed by atoms with Gasteiger partial charge in [0.05, 0.1) is 6.54 Å². The molecule has 6 heteroatoms. The van der Waals surface area contributed by atoms with Crippen molar-refractivity contribution in [3.05, 3.63) is 59.9 Å². The van der Waals surface area contributed by atoms with E-state index in [0.717, 1.165) is 12.0 Å². The maximum Gasteiger partial charge on any atom is 0.340 e. The second kappa shape index (κ2) is 6.88. The van der Waals surface area contributed by atoms with Crippen molar-refractivity contribution < 1.29 is 19.1 Å². The molecule has 0 saturated heterocycles. The summed E-state index contributed by atoms with van der Waals surface area (Å²) in [5.41, 5.74) is 1.10. The van der Waals surface area contributed by atoms with Crippen molar-refractivity contribution in [3.63, 3.8) is 0 Å². The van der Waals surface area contributed by atoms with Crippen LogP contribution in [-0.2, 0) is 0 Å². The number of hydrogen-bond acceptors (Lipinski definition) is 3. The number of amides is 2. The molecule has 2 aromatic carbocycles. The van der Waals surface area contributed by atoms with Crippen LogP contribution in [0.4, 0.5) is 9.18 Å². The average Bonchev–Trinajstić information content (AvgIpc) is 3.35. The Morgan fingerprint density at radius 2 is 2.04 bits per heavy atom. The molecule has 0 heterocycles. The Labute approximate surface area is 139 Å². The quantitative estimate of drug-likeness (QED) is 0.648. The lowest BCUT2D eigenvalue weighted by Gasteiger charge is -2.14. The Kier molecular flexibility index (Phi) is 4.66. The highest BCUT2D eigenvalue weighted by Gasteiger charge is 2.40. The molecular formula is C18H19FN2O3. The van der Waals surface area contributed by atoms with Crippen LogP contribution in [0.3, 0.4) is 0 Å². The van der Waals surface area contributed by atoms with Gasteiger partial charge in [-0.2, -0.15) is 0 Å². The van der Waals surface area contributed by atoms with Crippen molar-refractivity contribution in [2.24, 2.45) is 5.92 Å². The van der Waals surface area contributed by atoms with E-state index in [9.17, 15) is 14.4 Å². The van der Waals surface area contributed by atoms with Crippen LogP contribution in [0.25, 0.3) is 0 Å². The fourth-order valence-electron chi connectivity index (χ4n) is 2.74. The molecule has 2 unspecified atom stereocenters. The van der Waals surface area contributed by atoms with Gasteiger partial charge in [-0.3, -0.25) is 5.21 Å². The molecule has 24 heavy (non-hydrogen) atoms. The second-order valence-corrected chi connectivity index (χ2v) is 5.87. The first-order valence-electron chi connectivity index (χ1n) is 7.78. The van der Waals surface area contributed by atoms with Crippen LogP contribution in [0, 0.1) is 11.7 Å². The van der Waals surface area contributed by atoms with Crippen molar-refractivity contribution in [1.82, 2.24) is 10.4 Å².